The zero-order valence-electron chi connectivity index (χ0n) is 14.0. The molecule has 0 fully saturated rings. The van der Waals surface area contributed by atoms with Gasteiger partial charge in [0.2, 0.25) is 0 Å². The number of ether oxygens (including phenoxy) is 1. The van der Waals surface area contributed by atoms with Crippen molar-refractivity contribution in [1.29, 1.82) is 0 Å². The van der Waals surface area contributed by atoms with E-state index in [0.29, 0.717) is 22.8 Å². The summed E-state index contributed by atoms with van der Waals surface area (Å²) < 4.78 is 44.1. The van der Waals surface area contributed by atoms with Crippen molar-refractivity contribution in [1.82, 2.24) is 0 Å². The number of rotatable bonds is 4. The van der Waals surface area contributed by atoms with Crippen molar-refractivity contribution < 1.29 is 27.5 Å². The highest BCUT2D eigenvalue weighted by Crippen LogP contribution is 2.37. The van der Waals surface area contributed by atoms with Crippen molar-refractivity contribution in [3.8, 4) is 5.75 Å². The van der Waals surface area contributed by atoms with Crippen LogP contribution in [0.15, 0.2) is 53.6 Å². The summed E-state index contributed by atoms with van der Waals surface area (Å²) in [5.74, 6) is -1.08. The quantitative estimate of drug-likeness (QED) is 0.709. The summed E-state index contributed by atoms with van der Waals surface area (Å²) in [6, 6.07) is 10.3. The van der Waals surface area contributed by atoms with Gasteiger partial charge in [-0.05, 0) is 42.8 Å². The first kappa shape index (κ1) is 19.0. The van der Waals surface area contributed by atoms with E-state index < -0.39 is 23.6 Å². The van der Waals surface area contributed by atoms with Gasteiger partial charge in [-0.25, -0.2) is 4.90 Å². The monoisotopic (exact) mass is 395 g/mol. The van der Waals surface area contributed by atoms with Gasteiger partial charge in [0.05, 0.1) is 23.4 Å². The number of alkyl halides is 3. The molecule has 140 valence electrons. The molecule has 0 saturated heterocycles. The third kappa shape index (κ3) is 3.55. The van der Waals surface area contributed by atoms with Gasteiger partial charge in [-0.3, -0.25) is 9.59 Å². The van der Waals surface area contributed by atoms with Crippen LogP contribution in [0, 0.1) is 0 Å². The number of carbonyl (C=O) groups is 2. The van der Waals surface area contributed by atoms with E-state index in [1.807, 2.05) is 6.92 Å². The highest BCUT2D eigenvalue weighted by Gasteiger charge is 2.40. The topological polar surface area (TPSA) is 46.6 Å². The number of amides is 2. The maximum Gasteiger partial charge on any atom is 0.416 e. The minimum absolute atomic E-state index is 0.0675. The predicted octanol–water partition coefficient (Wildman–Crippen LogP) is 4.63. The van der Waals surface area contributed by atoms with E-state index in [0.717, 1.165) is 18.2 Å². The number of hydrogen-bond donors (Lipinski definition) is 0. The zero-order chi connectivity index (χ0) is 19.8. The summed E-state index contributed by atoms with van der Waals surface area (Å²) in [5, 5.41) is -0.346. The summed E-state index contributed by atoms with van der Waals surface area (Å²) in [5.41, 5.74) is -0.858. The van der Waals surface area contributed by atoms with Crippen LogP contribution in [0.5, 0.6) is 5.75 Å². The van der Waals surface area contributed by atoms with E-state index in [1.54, 1.807) is 24.3 Å². The third-order valence-corrected chi connectivity index (χ3v) is 4.26. The Labute approximate surface area is 157 Å². The lowest BCUT2D eigenvalue weighted by Gasteiger charge is -2.17. The molecule has 0 bridgehead atoms. The SMILES string of the molecule is CCOc1ccc(C2=C(Cl)C(=O)N(c3cccc(C(F)(F)F)c3)C2=O)cc1. The normalized spacial score (nSPS) is 14.9. The molecule has 27 heavy (non-hydrogen) atoms. The molecule has 2 aromatic carbocycles. The molecular weight excluding hydrogens is 383 g/mol. The molecule has 3 rings (SSSR count). The first-order valence-electron chi connectivity index (χ1n) is 7.93. The molecule has 0 unspecified atom stereocenters. The van der Waals surface area contributed by atoms with Crippen molar-refractivity contribution in [3.63, 3.8) is 0 Å². The lowest BCUT2D eigenvalue weighted by molar-refractivity contribution is -0.137. The van der Waals surface area contributed by atoms with Crippen LogP contribution in [0.3, 0.4) is 0 Å². The van der Waals surface area contributed by atoms with Crippen molar-refractivity contribution in [3.05, 3.63) is 64.7 Å². The average molecular weight is 396 g/mol. The van der Waals surface area contributed by atoms with Gasteiger partial charge in [-0.15, -0.1) is 0 Å². The van der Waals surface area contributed by atoms with Gasteiger partial charge in [0, 0.05) is 0 Å². The molecule has 1 heterocycles. The molecule has 0 atom stereocenters. The summed E-state index contributed by atoms with van der Waals surface area (Å²) in [4.78, 5) is 25.8. The van der Waals surface area contributed by atoms with Crippen LogP contribution < -0.4 is 9.64 Å². The van der Waals surface area contributed by atoms with Gasteiger partial charge in [-0.2, -0.15) is 13.2 Å². The molecule has 1 aliphatic rings. The molecular formula is C19H13ClF3NO3. The number of hydrogen-bond acceptors (Lipinski definition) is 3. The Morgan fingerprint density at radius 1 is 1.04 bits per heavy atom. The second kappa shape index (κ2) is 7.08. The molecule has 0 saturated carbocycles. The number of halogens is 4. The minimum Gasteiger partial charge on any atom is -0.494 e. The van der Waals surface area contributed by atoms with E-state index in [1.165, 1.54) is 6.07 Å². The Kier molecular flexibility index (Phi) is 4.97. The molecule has 8 heteroatoms. The maximum atomic E-state index is 12.9. The Balaban J connectivity index is 1.97. The largest absolute Gasteiger partial charge is 0.494 e. The molecule has 2 aromatic rings. The lowest BCUT2D eigenvalue weighted by atomic mass is 10.1. The minimum atomic E-state index is -4.60. The maximum absolute atomic E-state index is 12.9. The molecule has 1 aliphatic heterocycles. The van der Waals surface area contributed by atoms with Crippen molar-refractivity contribution >= 4 is 34.7 Å². The van der Waals surface area contributed by atoms with E-state index in [-0.39, 0.29) is 16.3 Å². The van der Waals surface area contributed by atoms with Crippen LogP contribution in [0.25, 0.3) is 5.57 Å². The van der Waals surface area contributed by atoms with Crippen LogP contribution in [-0.4, -0.2) is 18.4 Å². The number of imide groups is 1. The van der Waals surface area contributed by atoms with E-state index >= 15 is 0 Å². The summed E-state index contributed by atoms with van der Waals surface area (Å²) in [6.07, 6.45) is -4.60. The fourth-order valence-electron chi connectivity index (χ4n) is 2.69. The lowest BCUT2D eigenvalue weighted by Crippen LogP contribution is -2.31. The number of carbonyl (C=O) groups excluding carboxylic acids is 2. The summed E-state index contributed by atoms with van der Waals surface area (Å²) >= 11 is 6.05. The van der Waals surface area contributed by atoms with Crippen LogP contribution >= 0.6 is 11.6 Å². The zero-order valence-corrected chi connectivity index (χ0v) is 14.8. The van der Waals surface area contributed by atoms with Crippen LogP contribution in [0.2, 0.25) is 0 Å². The van der Waals surface area contributed by atoms with E-state index in [4.69, 9.17) is 16.3 Å². The molecule has 0 aromatic heterocycles. The van der Waals surface area contributed by atoms with Crippen LogP contribution in [-0.2, 0) is 15.8 Å². The number of nitrogens with zero attached hydrogens (tertiary/aromatic N) is 1. The summed E-state index contributed by atoms with van der Waals surface area (Å²) in [6.45, 7) is 2.28. The first-order valence-corrected chi connectivity index (χ1v) is 8.31. The first-order chi connectivity index (χ1) is 12.7. The molecule has 0 spiro atoms. The number of benzene rings is 2. The van der Waals surface area contributed by atoms with Crippen molar-refractivity contribution in [2.45, 2.75) is 13.1 Å². The third-order valence-electron chi connectivity index (χ3n) is 3.91. The fourth-order valence-corrected chi connectivity index (χ4v) is 2.97. The van der Waals surface area contributed by atoms with E-state index in [2.05, 4.69) is 0 Å². The van der Waals surface area contributed by atoms with Gasteiger partial charge < -0.3 is 4.74 Å². The molecule has 0 radical (unpaired) electrons. The van der Waals surface area contributed by atoms with Crippen LogP contribution in [0.4, 0.5) is 18.9 Å². The fraction of sp³-hybridized carbons (Fsp3) is 0.158. The molecule has 0 aliphatic carbocycles. The van der Waals surface area contributed by atoms with Crippen LogP contribution in [0.1, 0.15) is 18.1 Å². The van der Waals surface area contributed by atoms with E-state index in [9.17, 15) is 22.8 Å². The van der Waals surface area contributed by atoms with Gasteiger partial charge in [0.15, 0.2) is 0 Å². The number of anilines is 1. The Morgan fingerprint density at radius 2 is 1.70 bits per heavy atom. The Bertz CT molecular complexity index is 936. The van der Waals surface area contributed by atoms with Gasteiger partial charge in [-0.1, -0.05) is 29.8 Å². The second-order valence-electron chi connectivity index (χ2n) is 5.64. The Morgan fingerprint density at radius 3 is 2.30 bits per heavy atom. The van der Waals surface area contributed by atoms with Gasteiger partial charge >= 0.3 is 6.18 Å². The van der Waals surface area contributed by atoms with Crippen molar-refractivity contribution in [2.75, 3.05) is 11.5 Å². The summed E-state index contributed by atoms with van der Waals surface area (Å²) in [7, 11) is 0. The standard InChI is InChI=1S/C19H13ClF3NO3/c1-2-27-14-8-6-11(7-9-14)15-16(20)18(26)24(17(15)25)13-5-3-4-12(10-13)19(21,22)23/h3-10H,2H2,1H3. The average Bonchev–Trinajstić information content (AvgIpc) is 2.85. The smallest absolute Gasteiger partial charge is 0.416 e. The second-order valence-corrected chi connectivity index (χ2v) is 6.02. The van der Waals surface area contributed by atoms with Crippen molar-refractivity contribution in [2.24, 2.45) is 0 Å². The molecule has 2 amide bonds. The van der Waals surface area contributed by atoms with Gasteiger partial charge in [0.1, 0.15) is 10.8 Å². The molecule has 0 N–H and O–H groups in total. The highest BCUT2D eigenvalue weighted by molar-refractivity contribution is 6.60. The Hall–Kier alpha value is -2.80. The van der Waals surface area contributed by atoms with Gasteiger partial charge in [0.25, 0.3) is 11.8 Å². The highest BCUT2D eigenvalue weighted by atomic mass is 35.5. The molecule has 4 nitrogen and oxygen atoms in total. The predicted molar refractivity (Wildman–Crippen MR) is 94.3 cm³/mol.